The fourth-order valence-corrected chi connectivity index (χ4v) is 2.35. The normalized spacial score (nSPS) is 23.8. The number of nitrogens with zero attached hydrogens (tertiary/aromatic N) is 3. The molecule has 0 unspecified atom stereocenters. The van der Waals surface area contributed by atoms with Crippen molar-refractivity contribution < 1.29 is 9.90 Å². The van der Waals surface area contributed by atoms with E-state index < -0.39 is 0 Å². The summed E-state index contributed by atoms with van der Waals surface area (Å²) in [5.74, 6) is 0.0625. The molecule has 100 valence electrons. The van der Waals surface area contributed by atoms with Gasteiger partial charge in [0.1, 0.15) is 0 Å². The molecule has 2 atom stereocenters. The number of rotatable bonds is 5. The summed E-state index contributed by atoms with van der Waals surface area (Å²) < 4.78 is 1.75. The van der Waals surface area contributed by atoms with E-state index in [-0.39, 0.29) is 17.9 Å². The minimum absolute atomic E-state index is 0.0138. The van der Waals surface area contributed by atoms with Crippen LogP contribution in [0.15, 0.2) is 12.4 Å². The number of aliphatic hydroxyl groups is 1. The maximum absolute atomic E-state index is 11.8. The second-order valence-electron chi connectivity index (χ2n) is 4.83. The first-order valence-electron chi connectivity index (χ1n) is 6.55. The summed E-state index contributed by atoms with van der Waals surface area (Å²) >= 11 is 0. The lowest BCUT2D eigenvalue weighted by atomic mass is 9.87. The van der Waals surface area contributed by atoms with Crippen molar-refractivity contribution in [1.82, 2.24) is 20.3 Å². The van der Waals surface area contributed by atoms with Crippen molar-refractivity contribution >= 4 is 5.91 Å². The van der Waals surface area contributed by atoms with Crippen LogP contribution >= 0.6 is 0 Å². The highest BCUT2D eigenvalue weighted by Crippen LogP contribution is 2.24. The minimum atomic E-state index is -0.301. The molecule has 18 heavy (non-hydrogen) atoms. The van der Waals surface area contributed by atoms with Crippen LogP contribution in [0.5, 0.6) is 0 Å². The van der Waals surface area contributed by atoms with Crippen LogP contribution < -0.4 is 5.32 Å². The number of amides is 1. The Morgan fingerprint density at radius 2 is 2.39 bits per heavy atom. The number of hydrogen-bond donors (Lipinski definition) is 2. The quantitative estimate of drug-likeness (QED) is 0.740. The maximum Gasteiger partial charge on any atom is 0.223 e. The van der Waals surface area contributed by atoms with E-state index in [0.29, 0.717) is 13.0 Å². The van der Waals surface area contributed by atoms with Gasteiger partial charge >= 0.3 is 0 Å². The van der Waals surface area contributed by atoms with E-state index in [4.69, 9.17) is 0 Å². The third-order valence-corrected chi connectivity index (χ3v) is 3.35. The maximum atomic E-state index is 11.8. The van der Waals surface area contributed by atoms with Gasteiger partial charge in [-0.2, -0.15) is 0 Å². The molecule has 1 heterocycles. The van der Waals surface area contributed by atoms with Gasteiger partial charge < -0.3 is 10.4 Å². The fraction of sp³-hybridized carbons (Fsp3) is 0.750. The first kappa shape index (κ1) is 13.0. The van der Waals surface area contributed by atoms with Crippen LogP contribution in [0.4, 0.5) is 0 Å². The van der Waals surface area contributed by atoms with Gasteiger partial charge in [-0.15, -0.1) is 5.10 Å². The Morgan fingerprint density at radius 3 is 3.11 bits per heavy atom. The summed E-state index contributed by atoms with van der Waals surface area (Å²) in [6.45, 7) is 1.40. The largest absolute Gasteiger partial charge is 0.393 e. The van der Waals surface area contributed by atoms with E-state index >= 15 is 0 Å². The second kappa shape index (κ2) is 6.49. The van der Waals surface area contributed by atoms with Crippen LogP contribution in [-0.4, -0.2) is 38.7 Å². The van der Waals surface area contributed by atoms with Crippen LogP contribution in [0.2, 0.25) is 0 Å². The molecule has 0 aliphatic heterocycles. The number of nitrogens with one attached hydrogen (secondary N) is 1. The highest BCUT2D eigenvalue weighted by Gasteiger charge is 2.25. The van der Waals surface area contributed by atoms with Gasteiger partial charge in [-0.25, -0.2) is 0 Å². The molecule has 1 aromatic rings. The lowest BCUT2D eigenvalue weighted by molar-refractivity contribution is -0.127. The Bertz CT molecular complexity index is 366. The molecule has 0 radical (unpaired) electrons. The first-order chi connectivity index (χ1) is 8.75. The predicted octanol–water partition coefficient (Wildman–Crippen LogP) is 0.335. The highest BCUT2D eigenvalue weighted by atomic mass is 16.3. The molecule has 0 bridgehead atoms. The molecule has 2 rings (SSSR count). The van der Waals surface area contributed by atoms with Crippen molar-refractivity contribution in [1.29, 1.82) is 0 Å². The molecule has 1 saturated carbocycles. The van der Waals surface area contributed by atoms with E-state index in [1.54, 1.807) is 17.1 Å². The Hall–Kier alpha value is -1.43. The number of aliphatic hydroxyl groups excluding tert-OH is 1. The first-order valence-corrected chi connectivity index (χ1v) is 6.55. The van der Waals surface area contributed by atoms with E-state index in [1.165, 1.54) is 0 Å². The van der Waals surface area contributed by atoms with Crippen molar-refractivity contribution in [2.45, 2.75) is 44.8 Å². The van der Waals surface area contributed by atoms with Gasteiger partial charge in [-0.05, 0) is 25.7 Å². The predicted molar refractivity (Wildman–Crippen MR) is 65.6 cm³/mol. The number of aromatic nitrogens is 3. The van der Waals surface area contributed by atoms with Gasteiger partial charge in [0, 0.05) is 25.2 Å². The number of carbonyl (C=O) groups excluding carboxylic acids is 1. The summed E-state index contributed by atoms with van der Waals surface area (Å²) in [6, 6.07) is 0. The molecule has 1 amide bonds. The van der Waals surface area contributed by atoms with E-state index in [2.05, 4.69) is 15.6 Å². The number of aryl methyl sites for hydroxylation is 1. The van der Waals surface area contributed by atoms with Gasteiger partial charge in [0.25, 0.3) is 0 Å². The summed E-state index contributed by atoms with van der Waals surface area (Å²) in [6.07, 6.45) is 7.26. The Kier molecular flexibility index (Phi) is 4.69. The smallest absolute Gasteiger partial charge is 0.223 e. The molecule has 1 aliphatic carbocycles. The van der Waals surface area contributed by atoms with Gasteiger partial charge in [-0.1, -0.05) is 11.6 Å². The van der Waals surface area contributed by atoms with Crippen LogP contribution in [0.3, 0.4) is 0 Å². The summed E-state index contributed by atoms with van der Waals surface area (Å²) in [7, 11) is 0. The van der Waals surface area contributed by atoms with E-state index in [0.717, 1.165) is 32.2 Å². The summed E-state index contributed by atoms with van der Waals surface area (Å²) in [5, 5.41) is 20.0. The van der Waals surface area contributed by atoms with Gasteiger partial charge in [-0.3, -0.25) is 9.48 Å². The van der Waals surface area contributed by atoms with Gasteiger partial charge in [0.05, 0.1) is 12.3 Å². The zero-order chi connectivity index (χ0) is 12.8. The van der Waals surface area contributed by atoms with Crippen molar-refractivity contribution in [3.05, 3.63) is 12.4 Å². The average molecular weight is 252 g/mol. The summed E-state index contributed by atoms with van der Waals surface area (Å²) in [4.78, 5) is 11.8. The third kappa shape index (κ3) is 3.80. The topological polar surface area (TPSA) is 80.0 Å². The molecule has 2 N–H and O–H groups in total. The molecular formula is C12H20N4O2. The SMILES string of the molecule is O=C(NCCCn1ccnn1)[C@@H]1CCC[C@H](O)C1. The zero-order valence-electron chi connectivity index (χ0n) is 10.5. The standard InChI is InChI=1S/C12H20N4O2/c17-11-4-1-3-10(9-11)12(18)13-5-2-7-16-8-6-14-15-16/h6,8,10-11,17H,1-5,7,9H2,(H,13,18)/t10-,11+/m1/s1. The molecule has 1 aromatic heterocycles. The fourth-order valence-electron chi connectivity index (χ4n) is 2.35. The Morgan fingerprint density at radius 1 is 1.50 bits per heavy atom. The molecule has 0 spiro atoms. The highest BCUT2D eigenvalue weighted by molar-refractivity contribution is 5.78. The molecule has 6 heteroatoms. The van der Waals surface area contributed by atoms with Crippen molar-refractivity contribution in [2.24, 2.45) is 5.92 Å². The van der Waals surface area contributed by atoms with Crippen molar-refractivity contribution in [3.63, 3.8) is 0 Å². The van der Waals surface area contributed by atoms with Crippen LogP contribution in [0.1, 0.15) is 32.1 Å². The van der Waals surface area contributed by atoms with Crippen LogP contribution in [0.25, 0.3) is 0 Å². The van der Waals surface area contributed by atoms with Crippen molar-refractivity contribution in [2.75, 3.05) is 6.54 Å². The molecule has 1 fully saturated rings. The molecule has 1 aliphatic rings. The molecular weight excluding hydrogens is 232 g/mol. The van der Waals surface area contributed by atoms with Crippen molar-refractivity contribution in [3.8, 4) is 0 Å². The van der Waals surface area contributed by atoms with Crippen LogP contribution in [-0.2, 0) is 11.3 Å². The zero-order valence-corrected chi connectivity index (χ0v) is 10.5. The monoisotopic (exact) mass is 252 g/mol. The lowest BCUT2D eigenvalue weighted by Crippen LogP contribution is -2.35. The number of hydrogen-bond acceptors (Lipinski definition) is 4. The van der Waals surface area contributed by atoms with E-state index in [9.17, 15) is 9.90 Å². The van der Waals surface area contributed by atoms with E-state index in [1.807, 2.05) is 0 Å². The molecule has 0 saturated heterocycles. The minimum Gasteiger partial charge on any atom is -0.393 e. The number of carbonyl (C=O) groups is 1. The van der Waals surface area contributed by atoms with Gasteiger partial charge in [0.2, 0.25) is 5.91 Å². The lowest BCUT2D eigenvalue weighted by Gasteiger charge is -2.24. The average Bonchev–Trinajstić information content (AvgIpc) is 2.87. The van der Waals surface area contributed by atoms with Crippen LogP contribution in [0, 0.1) is 5.92 Å². The molecule has 0 aromatic carbocycles. The van der Waals surface area contributed by atoms with Gasteiger partial charge in [0.15, 0.2) is 0 Å². The second-order valence-corrected chi connectivity index (χ2v) is 4.83. The Balaban J connectivity index is 1.62. The molecule has 6 nitrogen and oxygen atoms in total. The third-order valence-electron chi connectivity index (χ3n) is 3.35. The summed E-state index contributed by atoms with van der Waals surface area (Å²) in [5.41, 5.74) is 0. The Labute approximate surface area is 106 Å².